The number of nitrogens with one attached hydrogen (secondary N) is 1. The van der Waals surface area contributed by atoms with E-state index in [2.05, 4.69) is 15.3 Å². The van der Waals surface area contributed by atoms with Gasteiger partial charge in [-0.05, 0) is 30.3 Å². The number of nitrogens with zero attached hydrogens (tertiary/aromatic N) is 2. The maximum absolute atomic E-state index is 12.5. The van der Waals surface area contributed by atoms with Crippen LogP contribution in [0.2, 0.25) is 5.02 Å². The number of anilines is 1. The van der Waals surface area contributed by atoms with Crippen LogP contribution in [0.5, 0.6) is 0 Å². The maximum Gasteiger partial charge on any atom is 0.258 e. The molecule has 0 radical (unpaired) electrons. The number of hydrogen-bond acceptors (Lipinski definition) is 3. The van der Waals surface area contributed by atoms with Crippen molar-refractivity contribution in [3.8, 4) is 22.5 Å². The van der Waals surface area contributed by atoms with Crippen molar-refractivity contribution in [1.82, 2.24) is 9.97 Å². The van der Waals surface area contributed by atoms with E-state index in [4.69, 9.17) is 11.6 Å². The number of carbonyl (C=O) groups is 1. The van der Waals surface area contributed by atoms with E-state index in [-0.39, 0.29) is 11.9 Å². The van der Waals surface area contributed by atoms with Crippen LogP contribution in [-0.4, -0.2) is 15.9 Å². The molecule has 0 saturated carbocycles. The van der Waals surface area contributed by atoms with Gasteiger partial charge in [0.2, 0.25) is 5.95 Å². The molecule has 1 heterocycles. The van der Waals surface area contributed by atoms with Crippen LogP contribution in [0.25, 0.3) is 22.5 Å². The van der Waals surface area contributed by atoms with Gasteiger partial charge in [0, 0.05) is 21.7 Å². The Bertz CT molecular complexity index is 1100. The molecule has 4 nitrogen and oxygen atoms in total. The predicted molar refractivity (Wildman–Crippen MR) is 112 cm³/mol. The van der Waals surface area contributed by atoms with Crippen molar-refractivity contribution in [3.63, 3.8) is 0 Å². The Labute approximate surface area is 167 Å². The number of carbonyl (C=O) groups excluding carboxylic acids is 1. The van der Waals surface area contributed by atoms with Crippen molar-refractivity contribution in [2.24, 2.45) is 0 Å². The molecule has 0 bridgehead atoms. The normalized spacial score (nSPS) is 10.5. The van der Waals surface area contributed by atoms with E-state index in [0.29, 0.717) is 16.3 Å². The van der Waals surface area contributed by atoms with Crippen molar-refractivity contribution in [2.45, 2.75) is 0 Å². The highest BCUT2D eigenvalue weighted by atomic mass is 35.5. The summed E-state index contributed by atoms with van der Waals surface area (Å²) in [6, 6.07) is 28.1. The van der Waals surface area contributed by atoms with Gasteiger partial charge in [-0.1, -0.05) is 72.3 Å². The summed E-state index contributed by atoms with van der Waals surface area (Å²) in [6.07, 6.45) is 0. The quantitative estimate of drug-likeness (QED) is 0.489. The molecule has 1 amide bonds. The van der Waals surface area contributed by atoms with Gasteiger partial charge in [-0.2, -0.15) is 0 Å². The summed E-state index contributed by atoms with van der Waals surface area (Å²) >= 11 is 6.00. The summed E-state index contributed by atoms with van der Waals surface area (Å²) in [5, 5.41) is 3.45. The minimum absolute atomic E-state index is 0.250. The lowest BCUT2D eigenvalue weighted by atomic mass is 10.1. The third-order valence-corrected chi connectivity index (χ3v) is 4.45. The van der Waals surface area contributed by atoms with Gasteiger partial charge in [0.15, 0.2) is 0 Å². The van der Waals surface area contributed by atoms with E-state index in [1.807, 2.05) is 78.9 Å². The maximum atomic E-state index is 12.5. The lowest BCUT2D eigenvalue weighted by Gasteiger charge is -2.10. The second-order valence-electron chi connectivity index (χ2n) is 6.16. The Morgan fingerprint density at radius 1 is 0.714 bits per heavy atom. The molecule has 0 aliphatic heterocycles. The highest BCUT2D eigenvalue weighted by Gasteiger charge is 2.12. The van der Waals surface area contributed by atoms with E-state index >= 15 is 0 Å². The average molecular weight is 386 g/mol. The number of benzene rings is 3. The first-order valence-corrected chi connectivity index (χ1v) is 9.14. The molecule has 0 unspecified atom stereocenters. The summed E-state index contributed by atoms with van der Waals surface area (Å²) in [6.45, 7) is 0. The lowest BCUT2D eigenvalue weighted by molar-refractivity contribution is 0.102. The smallest absolute Gasteiger partial charge is 0.258 e. The van der Waals surface area contributed by atoms with Crippen molar-refractivity contribution in [1.29, 1.82) is 0 Å². The summed E-state index contributed by atoms with van der Waals surface area (Å²) in [5.74, 6) is -0.00646. The summed E-state index contributed by atoms with van der Waals surface area (Å²) in [7, 11) is 0. The van der Waals surface area contributed by atoms with Crippen molar-refractivity contribution < 1.29 is 4.79 Å². The Morgan fingerprint density at radius 3 is 1.86 bits per heavy atom. The highest BCUT2D eigenvalue weighted by molar-refractivity contribution is 6.30. The topological polar surface area (TPSA) is 54.9 Å². The first kappa shape index (κ1) is 17.9. The van der Waals surface area contributed by atoms with Crippen molar-refractivity contribution in [2.75, 3.05) is 5.32 Å². The van der Waals surface area contributed by atoms with E-state index in [1.165, 1.54) is 0 Å². The van der Waals surface area contributed by atoms with Crippen LogP contribution in [0.3, 0.4) is 0 Å². The van der Waals surface area contributed by atoms with Crippen LogP contribution in [0.1, 0.15) is 10.4 Å². The van der Waals surface area contributed by atoms with Crippen molar-refractivity contribution >= 4 is 23.5 Å². The van der Waals surface area contributed by atoms with Crippen molar-refractivity contribution in [3.05, 3.63) is 102 Å². The molecule has 0 atom stereocenters. The van der Waals surface area contributed by atoms with Gasteiger partial charge in [-0.3, -0.25) is 10.1 Å². The van der Waals surface area contributed by atoms with E-state index in [9.17, 15) is 4.79 Å². The van der Waals surface area contributed by atoms with E-state index in [0.717, 1.165) is 16.8 Å². The van der Waals surface area contributed by atoms with Gasteiger partial charge >= 0.3 is 0 Å². The van der Waals surface area contributed by atoms with Crippen LogP contribution in [0.15, 0.2) is 91.0 Å². The number of amides is 1. The third kappa shape index (κ3) is 4.08. The fraction of sp³-hybridized carbons (Fsp3) is 0. The van der Waals surface area contributed by atoms with Gasteiger partial charge in [-0.25, -0.2) is 9.97 Å². The standard InChI is InChI=1S/C23H16ClN3O/c24-19-13-11-17(12-14-19)21-15-20(16-7-3-1-4-8-16)25-23(26-21)27-22(28)18-9-5-2-6-10-18/h1-15H,(H,25,26,27,28). The Balaban J connectivity index is 1.75. The van der Waals surface area contributed by atoms with Gasteiger partial charge in [0.1, 0.15) is 0 Å². The molecular formula is C23H16ClN3O. The van der Waals surface area contributed by atoms with Crippen LogP contribution >= 0.6 is 11.6 Å². The van der Waals surface area contributed by atoms with E-state index < -0.39 is 0 Å². The second-order valence-corrected chi connectivity index (χ2v) is 6.59. The first-order valence-electron chi connectivity index (χ1n) is 8.76. The van der Waals surface area contributed by atoms with Gasteiger partial charge in [-0.15, -0.1) is 0 Å². The molecule has 28 heavy (non-hydrogen) atoms. The van der Waals surface area contributed by atoms with Gasteiger partial charge < -0.3 is 0 Å². The number of rotatable bonds is 4. The molecule has 3 aromatic carbocycles. The average Bonchev–Trinajstić information content (AvgIpc) is 2.75. The first-order chi connectivity index (χ1) is 13.7. The fourth-order valence-corrected chi connectivity index (χ4v) is 2.92. The zero-order valence-corrected chi connectivity index (χ0v) is 15.6. The molecule has 136 valence electrons. The molecule has 4 aromatic rings. The number of hydrogen-bond donors (Lipinski definition) is 1. The molecule has 5 heteroatoms. The Hall–Kier alpha value is -3.50. The van der Waals surface area contributed by atoms with Crippen LogP contribution < -0.4 is 5.32 Å². The van der Waals surface area contributed by atoms with Crippen LogP contribution in [0, 0.1) is 0 Å². The molecule has 0 aliphatic carbocycles. The summed E-state index contributed by atoms with van der Waals surface area (Å²) in [5.41, 5.74) is 3.80. The van der Waals surface area contributed by atoms with Gasteiger partial charge in [0.05, 0.1) is 11.4 Å². The minimum Gasteiger partial charge on any atom is -0.290 e. The monoisotopic (exact) mass is 385 g/mol. The fourth-order valence-electron chi connectivity index (χ4n) is 2.79. The van der Waals surface area contributed by atoms with E-state index in [1.54, 1.807) is 12.1 Å². The summed E-state index contributed by atoms with van der Waals surface area (Å²) in [4.78, 5) is 21.6. The zero-order chi connectivity index (χ0) is 19.3. The second kappa shape index (κ2) is 8.03. The largest absolute Gasteiger partial charge is 0.290 e. The summed E-state index contributed by atoms with van der Waals surface area (Å²) < 4.78 is 0. The Kier molecular flexibility index (Phi) is 5.13. The third-order valence-electron chi connectivity index (χ3n) is 4.20. The van der Waals surface area contributed by atoms with Gasteiger partial charge in [0.25, 0.3) is 5.91 Å². The molecule has 4 rings (SSSR count). The molecule has 0 aliphatic rings. The highest BCUT2D eigenvalue weighted by Crippen LogP contribution is 2.26. The van der Waals surface area contributed by atoms with Crippen LogP contribution in [-0.2, 0) is 0 Å². The predicted octanol–water partition coefficient (Wildman–Crippen LogP) is 5.72. The Morgan fingerprint density at radius 2 is 1.25 bits per heavy atom. The molecule has 0 fully saturated rings. The molecule has 1 aromatic heterocycles. The lowest BCUT2D eigenvalue weighted by Crippen LogP contribution is -2.14. The minimum atomic E-state index is -0.257. The zero-order valence-electron chi connectivity index (χ0n) is 14.8. The molecule has 0 spiro atoms. The SMILES string of the molecule is O=C(Nc1nc(-c2ccccc2)cc(-c2ccc(Cl)cc2)n1)c1ccccc1. The molecular weight excluding hydrogens is 370 g/mol. The molecule has 1 N–H and O–H groups in total. The number of aromatic nitrogens is 2. The molecule has 0 saturated heterocycles. The van der Waals surface area contributed by atoms with Crippen LogP contribution in [0.4, 0.5) is 5.95 Å². The number of halogens is 1.